The van der Waals surface area contributed by atoms with Crippen molar-refractivity contribution in [3.8, 4) is 0 Å². The largest absolute Gasteiger partial charge is 0.373 e. The van der Waals surface area contributed by atoms with Crippen LogP contribution in [-0.4, -0.2) is 67.7 Å². The van der Waals surface area contributed by atoms with Crippen LogP contribution in [0.5, 0.6) is 0 Å². The maximum atomic E-state index is 12.6. The number of nitrogens with zero attached hydrogens (tertiary/aromatic N) is 2. The van der Waals surface area contributed by atoms with Crippen LogP contribution in [0.1, 0.15) is 24.0 Å². The van der Waals surface area contributed by atoms with Crippen LogP contribution in [0, 0.1) is 6.92 Å². The topological polar surface area (TPSA) is 42.0 Å². The van der Waals surface area contributed by atoms with E-state index in [1.807, 2.05) is 24.1 Å². The van der Waals surface area contributed by atoms with Gasteiger partial charge in [-0.25, -0.2) is 0 Å². The van der Waals surface area contributed by atoms with Crippen LogP contribution in [0.4, 0.5) is 0 Å². The van der Waals surface area contributed by atoms with Crippen LogP contribution in [0.3, 0.4) is 0 Å². The number of carbonyl (C=O) groups is 1. The molecular formula is C19H28N2O3. The van der Waals surface area contributed by atoms with Crippen LogP contribution in [0.2, 0.25) is 0 Å². The summed E-state index contributed by atoms with van der Waals surface area (Å²) in [5.41, 5.74) is 2.51. The molecule has 2 saturated heterocycles. The lowest BCUT2D eigenvalue weighted by Crippen LogP contribution is -2.52. The Morgan fingerprint density at radius 1 is 1.25 bits per heavy atom. The highest BCUT2D eigenvalue weighted by molar-refractivity contribution is 5.81. The maximum absolute atomic E-state index is 12.6. The van der Waals surface area contributed by atoms with E-state index in [1.54, 1.807) is 0 Å². The third kappa shape index (κ3) is 4.35. The second-order valence-corrected chi connectivity index (χ2v) is 6.88. The number of ether oxygens (including phenoxy) is 2. The van der Waals surface area contributed by atoms with Gasteiger partial charge in [0.2, 0.25) is 0 Å². The molecule has 0 N–H and O–H groups in total. The fourth-order valence-electron chi connectivity index (χ4n) is 3.35. The highest BCUT2D eigenvalue weighted by atomic mass is 16.5. The monoisotopic (exact) mass is 332 g/mol. The molecule has 0 spiro atoms. The second-order valence-electron chi connectivity index (χ2n) is 6.88. The molecular weight excluding hydrogens is 304 g/mol. The van der Waals surface area contributed by atoms with Gasteiger partial charge in [-0.15, -0.1) is 0 Å². The molecule has 24 heavy (non-hydrogen) atoms. The number of hydrogen-bond acceptors (Lipinski definition) is 4. The first-order chi connectivity index (χ1) is 11.6. The Morgan fingerprint density at radius 2 is 2.00 bits per heavy atom. The van der Waals surface area contributed by atoms with Gasteiger partial charge in [0, 0.05) is 26.2 Å². The maximum Gasteiger partial charge on any atom is 0.253 e. The van der Waals surface area contributed by atoms with E-state index in [-0.39, 0.29) is 18.1 Å². The fraction of sp³-hybridized carbons (Fsp3) is 0.632. The minimum atomic E-state index is -0.298. The zero-order chi connectivity index (χ0) is 16.9. The number of likely N-dealkylation sites (N-methyl/N-ethyl adjacent to an activating group) is 1. The lowest BCUT2D eigenvalue weighted by molar-refractivity contribution is -0.151. The predicted molar refractivity (Wildman–Crippen MR) is 92.8 cm³/mol. The number of carbonyl (C=O) groups excluding carboxylic acids is 1. The molecule has 0 aromatic heterocycles. The first-order valence-corrected chi connectivity index (χ1v) is 8.88. The SMILES string of the molecule is Cc1ccccc1COC1CCN(C(=O)C2CN(C)CCO2)CC1. The van der Waals surface area contributed by atoms with E-state index < -0.39 is 0 Å². The van der Waals surface area contributed by atoms with Gasteiger partial charge < -0.3 is 19.3 Å². The molecule has 0 radical (unpaired) electrons. The van der Waals surface area contributed by atoms with E-state index in [0.29, 0.717) is 19.8 Å². The van der Waals surface area contributed by atoms with Gasteiger partial charge in [-0.3, -0.25) is 4.79 Å². The molecule has 2 aliphatic heterocycles. The fourth-order valence-corrected chi connectivity index (χ4v) is 3.35. The van der Waals surface area contributed by atoms with Crippen molar-refractivity contribution in [2.45, 2.75) is 38.6 Å². The molecule has 1 aromatic carbocycles. The van der Waals surface area contributed by atoms with Gasteiger partial charge in [0.25, 0.3) is 5.91 Å². The molecule has 5 heteroatoms. The summed E-state index contributed by atoms with van der Waals surface area (Å²) in [6.07, 6.45) is 1.75. The number of hydrogen-bond donors (Lipinski definition) is 0. The molecule has 3 rings (SSSR count). The van der Waals surface area contributed by atoms with E-state index in [9.17, 15) is 4.79 Å². The molecule has 1 aromatic rings. The van der Waals surface area contributed by atoms with Crippen molar-refractivity contribution < 1.29 is 14.3 Å². The van der Waals surface area contributed by atoms with Crippen molar-refractivity contribution in [3.63, 3.8) is 0 Å². The number of amides is 1. The van der Waals surface area contributed by atoms with E-state index in [2.05, 4.69) is 24.0 Å². The molecule has 0 bridgehead atoms. The molecule has 0 aliphatic carbocycles. The van der Waals surface area contributed by atoms with Gasteiger partial charge in [0.1, 0.15) is 6.10 Å². The normalized spacial score (nSPS) is 23.4. The molecule has 1 atom stereocenters. The number of piperidine rings is 1. The van der Waals surface area contributed by atoms with Crippen molar-refractivity contribution in [2.24, 2.45) is 0 Å². The summed E-state index contributed by atoms with van der Waals surface area (Å²) in [6.45, 7) is 6.54. The number of likely N-dealkylation sites (tertiary alicyclic amines) is 1. The number of benzene rings is 1. The van der Waals surface area contributed by atoms with Gasteiger partial charge in [-0.1, -0.05) is 24.3 Å². The lowest BCUT2D eigenvalue weighted by Gasteiger charge is -2.36. The Labute approximate surface area is 144 Å². The first-order valence-electron chi connectivity index (χ1n) is 8.88. The summed E-state index contributed by atoms with van der Waals surface area (Å²) in [6, 6.07) is 8.33. The minimum Gasteiger partial charge on any atom is -0.373 e. The minimum absolute atomic E-state index is 0.138. The number of aryl methyl sites for hydroxylation is 1. The van der Waals surface area contributed by atoms with Crippen molar-refractivity contribution in [1.82, 2.24) is 9.80 Å². The summed E-state index contributed by atoms with van der Waals surface area (Å²) >= 11 is 0. The van der Waals surface area contributed by atoms with Gasteiger partial charge in [0.05, 0.1) is 19.3 Å². The summed E-state index contributed by atoms with van der Waals surface area (Å²) < 4.78 is 11.7. The molecule has 2 fully saturated rings. The Balaban J connectivity index is 1.44. The average Bonchev–Trinajstić information content (AvgIpc) is 2.61. The molecule has 0 saturated carbocycles. The van der Waals surface area contributed by atoms with E-state index in [1.165, 1.54) is 11.1 Å². The zero-order valence-corrected chi connectivity index (χ0v) is 14.7. The smallest absolute Gasteiger partial charge is 0.253 e. The van der Waals surface area contributed by atoms with Crippen LogP contribution in [-0.2, 0) is 20.9 Å². The van der Waals surface area contributed by atoms with E-state index in [0.717, 1.165) is 32.5 Å². The van der Waals surface area contributed by atoms with Crippen LogP contribution < -0.4 is 0 Å². The zero-order valence-electron chi connectivity index (χ0n) is 14.7. The van der Waals surface area contributed by atoms with Gasteiger partial charge >= 0.3 is 0 Å². The standard InChI is InChI=1S/C19H28N2O3/c1-15-5-3-4-6-16(15)14-24-17-7-9-21(10-8-17)19(22)18-13-20(2)11-12-23-18/h3-6,17-18H,7-14H2,1-2H3. The molecule has 1 amide bonds. The summed E-state index contributed by atoms with van der Waals surface area (Å²) in [4.78, 5) is 16.7. The molecule has 132 valence electrons. The number of rotatable bonds is 4. The summed E-state index contributed by atoms with van der Waals surface area (Å²) in [5.74, 6) is 0.138. The Kier molecular flexibility index (Phi) is 5.87. The first kappa shape index (κ1) is 17.4. The quantitative estimate of drug-likeness (QED) is 0.844. The molecule has 2 aliphatic rings. The van der Waals surface area contributed by atoms with E-state index >= 15 is 0 Å². The van der Waals surface area contributed by atoms with Crippen LogP contribution in [0.25, 0.3) is 0 Å². The Bertz CT molecular complexity index is 555. The Morgan fingerprint density at radius 3 is 2.71 bits per heavy atom. The summed E-state index contributed by atoms with van der Waals surface area (Å²) in [7, 11) is 2.04. The third-order valence-electron chi connectivity index (χ3n) is 5.03. The average molecular weight is 332 g/mol. The van der Waals surface area contributed by atoms with Gasteiger partial charge in [-0.2, -0.15) is 0 Å². The highest BCUT2D eigenvalue weighted by Gasteiger charge is 2.31. The molecule has 1 unspecified atom stereocenters. The Hall–Kier alpha value is -1.43. The second kappa shape index (κ2) is 8.10. The third-order valence-corrected chi connectivity index (χ3v) is 5.03. The van der Waals surface area contributed by atoms with Crippen molar-refractivity contribution in [2.75, 3.05) is 39.8 Å². The van der Waals surface area contributed by atoms with Crippen molar-refractivity contribution in [3.05, 3.63) is 35.4 Å². The molecule has 5 nitrogen and oxygen atoms in total. The van der Waals surface area contributed by atoms with Gasteiger partial charge in [-0.05, 0) is 37.9 Å². The van der Waals surface area contributed by atoms with E-state index in [4.69, 9.17) is 9.47 Å². The van der Waals surface area contributed by atoms with Crippen LogP contribution >= 0.6 is 0 Å². The molecule has 2 heterocycles. The van der Waals surface area contributed by atoms with Crippen molar-refractivity contribution in [1.29, 1.82) is 0 Å². The summed E-state index contributed by atoms with van der Waals surface area (Å²) in [5, 5.41) is 0. The predicted octanol–water partition coefficient (Wildman–Crippen LogP) is 1.83. The highest BCUT2D eigenvalue weighted by Crippen LogP contribution is 2.19. The van der Waals surface area contributed by atoms with Crippen molar-refractivity contribution >= 4 is 5.91 Å². The van der Waals surface area contributed by atoms with Gasteiger partial charge in [0.15, 0.2) is 0 Å². The number of morpholine rings is 1. The lowest BCUT2D eigenvalue weighted by atomic mass is 10.1. The van der Waals surface area contributed by atoms with Crippen LogP contribution in [0.15, 0.2) is 24.3 Å².